The van der Waals surface area contributed by atoms with Crippen LogP contribution in [0.1, 0.15) is 40.7 Å². The van der Waals surface area contributed by atoms with Crippen molar-refractivity contribution in [3.05, 3.63) is 35.6 Å². The quantitative estimate of drug-likeness (QED) is 0.653. The number of pyridine rings is 1. The second kappa shape index (κ2) is 7.71. The lowest BCUT2D eigenvalue weighted by Gasteiger charge is -2.32. The number of piperidine rings is 1. The van der Waals surface area contributed by atoms with E-state index in [4.69, 9.17) is 14.2 Å². The number of fused-ring (bicyclic) bond motifs is 1. The number of aromatic nitrogens is 4. The van der Waals surface area contributed by atoms with Gasteiger partial charge in [-0.2, -0.15) is 0 Å². The maximum Gasteiger partial charge on any atom is 0.276 e. The Hall–Kier alpha value is -2.94. The largest absolute Gasteiger partial charge is 0.378 e. The summed E-state index contributed by atoms with van der Waals surface area (Å²) in [6.45, 7) is 6.24. The molecule has 0 aromatic carbocycles. The van der Waals surface area contributed by atoms with Crippen molar-refractivity contribution in [2.45, 2.75) is 25.7 Å². The Morgan fingerprint density at radius 2 is 1.90 bits per heavy atom. The third-order valence-electron chi connectivity index (χ3n) is 6.07. The van der Waals surface area contributed by atoms with E-state index in [9.17, 15) is 4.79 Å². The summed E-state index contributed by atoms with van der Waals surface area (Å²) in [6.07, 6.45) is 3.60. The van der Waals surface area contributed by atoms with Gasteiger partial charge in [-0.1, -0.05) is 5.16 Å². The molecule has 2 aliphatic heterocycles. The monoisotopic (exact) mass is 410 g/mol. The molecule has 30 heavy (non-hydrogen) atoms. The van der Waals surface area contributed by atoms with Crippen LogP contribution in [0.25, 0.3) is 11.0 Å². The van der Waals surface area contributed by atoms with E-state index in [1.165, 1.54) is 0 Å². The fourth-order valence-corrected chi connectivity index (χ4v) is 4.34. The molecule has 5 rings (SSSR count). The fourth-order valence-electron chi connectivity index (χ4n) is 4.34. The Bertz CT molecular complexity index is 1060. The molecule has 1 amide bonds. The molecule has 0 atom stereocenters. The topological polar surface area (TPSA) is 89.5 Å². The zero-order chi connectivity index (χ0) is 20.7. The van der Waals surface area contributed by atoms with Crippen molar-refractivity contribution in [2.75, 3.05) is 44.3 Å². The van der Waals surface area contributed by atoms with E-state index in [1.54, 1.807) is 13.0 Å². The maximum atomic E-state index is 12.7. The Morgan fingerprint density at radius 3 is 2.60 bits per heavy atom. The van der Waals surface area contributed by atoms with Crippen LogP contribution in [-0.4, -0.2) is 69.9 Å². The first-order chi connectivity index (χ1) is 14.6. The molecule has 0 bridgehead atoms. The number of nitrogens with zero attached hydrogens (tertiary/aromatic N) is 6. The fraction of sp³-hybridized carbons (Fsp3) is 0.524. The minimum Gasteiger partial charge on any atom is -0.378 e. The summed E-state index contributed by atoms with van der Waals surface area (Å²) < 4.78 is 12.6. The molecule has 9 nitrogen and oxygen atoms in total. The molecule has 0 radical (unpaired) electrons. The number of anilines is 1. The second-order valence-electron chi connectivity index (χ2n) is 8.08. The van der Waals surface area contributed by atoms with Crippen LogP contribution in [0.4, 0.5) is 5.82 Å². The number of hydrogen-bond donors (Lipinski definition) is 0. The number of hydrogen-bond acceptors (Lipinski definition) is 7. The van der Waals surface area contributed by atoms with Crippen molar-refractivity contribution in [2.24, 2.45) is 7.05 Å². The molecular formula is C21H26N6O3. The second-order valence-corrected chi connectivity index (χ2v) is 8.08. The first-order valence-corrected chi connectivity index (χ1v) is 10.5. The number of ether oxygens (including phenoxy) is 1. The molecule has 0 N–H and O–H groups in total. The van der Waals surface area contributed by atoms with E-state index >= 15 is 0 Å². The van der Waals surface area contributed by atoms with E-state index in [0.29, 0.717) is 43.7 Å². The number of morpholine rings is 1. The zero-order valence-electron chi connectivity index (χ0n) is 17.4. The highest BCUT2D eigenvalue weighted by atomic mass is 16.5. The zero-order valence-corrected chi connectivity index (χ0v) is 17.4. The molecule has 2 aliphatic rings. The van der Waals surface area contributed by atoms with Gasteiger partial charge < -0.3 is 23.6 Å². The highest BCUT2D eigenvalue weighted by Crippen LogP contribution is 2.33. The molecule has 3 aromatic heterocycles. The molecule has 9 heteroatoms. The van der Waals surface area contributed by atoms with Gasteiger partial charge in [0.25, 0.3) is 5.91 Å². The van der Waals surface area contributed by atoms with Gasteiger partial charge in [0, 0.05) is 50.9 Å². The summed E-state index contributed by atoms with van der Waals surface area (Å²) >= 11 is 0. The molecule has 0 unspecified atom stereocenters. The van der Waals surface area contributed by atoms with Crippen LogP contribution in [0.15, 0.2) is 23.0 Å². The van der Waals surface area contributed by atoms with E-state index in [1.807, 2.05) is 18.3 Å². The van der Waals surface area contributed by atoms with E-state index in [2.05, 4.69) is 25.7 Å². The third-order valence-corrected chi connectivity index (χ3v) is 6.07. The summed E-state index contributed by atoms with van der Waals surface area (Å²) in [5.41, 5.74) is 3.50. The number of carbonyl (C=O) groups is 1. The summed E-state index contributed by atoms with van der Waals surface area (Å²) in [5, 5.41) is 3.87. The standard InChI is InChI=1S/C21H26N6O3/c1-14-11-17(24-30-14)21(28)27-5-3-15(4-6-27)16-12-18-19(22-13-25(18)2)20(23-16)26-7-9-29-10-8-26/h11-13,15H,3-10H2,1-2H3. The van der Waals surface area contributed by atoms with E-state index in [-0.39, 0.29) is 5.91 Å². The highest BCUT2D eigenvalue weighted by molar-refractivity contribution is 5.92. The number of likely N-dealkylation sites (tertiary alicyclic amines) is 1. The molecular weight excluding hydrogens is 384 g/mol. The van der Waals surface area contributed by atoms with Crippen molar-refractivity contribution < 1.29 is 14.1 Å². The van der Waals surface area contributed by atoms with Gasteiger partial charge >= 0.3 is 0 Å². The lowest BCUT2D eigenvalue weighted by Crippen LogP contribution is -2.39. The van der Waals surface area contributed by atoms with Crippen LogP contribution in [-0.2, 0) is 11.8 Å². The van der Waals surface area contributed by atoms with Gasteiger partial charge in [-0.3, -0.25) is 4.79 Å². The Kier molecular flexibility index (Phi) is 4.90. The lowest BCUT2D eigenvalue weighted by atomic mass is 9.92. The molecule has 0 saturated carbocycles. The van der Waals surface area contributed by atoms with Gasteiger partial charge in [0.15, 0.2) is 11.5 Å². The average molecular weight is 410 g/mol. The predicted octanol–water partition coefficient (Wildman–Crippen LogP) is 2.12. The van der Waals surface area contributed by atoms with Crippen molar-refractivity contribution in [1.82, 2.24) is 24.6 Å². The van der Waals surface area contributed by atoms with Crippen molar-refractivity contribution >= 4 is 22.8 Å². The smallest absolute Gasteiger partial charge is 0.276 e. The normalized spacial score (nSPS) is 18.3. The molecule has 0 aliphatic carbocycles. The van der Waals surface area contributed by atoms with Crippen molar-refractivity contribution in [1.29, 1.82) is 0 Å². The highest BCUT2D eigenvalue weighted by Gasteiger charge is 2.28. The molecule has 2 saturated heterocycles. The van der Waals surface area contributed by atoms with Crippen LogP contribution in [0.3, 0.4) is 0 Å². The van der Waals surface area contributed by atoms with Crippen LogP contribution < -0.4 is 4.90 Å². The first kappa shape index (κ1) is 19.0. The number of carbonyl (C=O) groups excluding carboxylic acids is 1. The molecule has 0 spiro atoms. The summed E-state index contributed by atoms with van der Waals surface area (Å²) in [4.78, 5) is 26.4. The summed E-state index contributed by atoms with van der Waals surface area (Å²) in [5.74, 6) is 1.85. The first-order valence-electron chi connectivity index (χ1n) is 10.5. The Balaban J connectivity index is 1.37. The lowest BCUT2D eigenvalue weighted by molar-refractivity contribution is 0.0701. The van der Waals surface area contributed by atoms with E-state index < -0.39 is 0 Å². The molecule has 5 heterocycles. The number of imidazole rings is 1. The molecule has 3 aromatic rings. The van der Waals surface area contributed by atoms with Gasteiger partial charge in [0.05, 0.1) is 25.1 Å². The number of aryl methyl sites for hydroxylation is 2. The van der Waals surface area contributed by atoms with Gasteiger partial charge in [-0.25, -0.2) is 9.97 Å². The van der Waals surface area contributed by atoms with Gasteiger partial charge in [0.1, 0.15) is 11.3 Å². The SMILES string of the molecule is Cc1cc(C(=O)N2CCC(c3cc4c(ncn4C)c(N4CCOCC4)n3)CC2)no1. The maximum absolute atomic E-state index is 12.7. The number of rotatable bonds is 3. The van der Waals surface area contributed by atoms with Crippen molar-refractivity contribution in [3.63, 3.8) is 0 Å². The van der Waals surface area contributed by atoms with E-state index in [0.717, 1.165) is 48.5 Å². The van der Waals surface area contributed by atoms with Crippen molar-refractivity contribution in [3.8, 4) is 0 Å². The molecule has 158 valence electrons. The Morgan fingerprint density at radius 1 is 1.13 bits per heavy atom. The van der Waals surface area contributed by atoms with Crippen LogP contribution in [0.2, 0.25) is 0 Å². The predicted molar refractivity (Wildman–Crippen MR) is 111 cm³/mol. The van der Waals surface area contributed by atoms with Gasteiger partial charge in [0.2, 0.25) is 0 Å². The number of amides is 1. The van der Waals surface area contributed by atoms with Crippen LogP contribution >= 0.6 is 0 Å². The van der Waals surface area contributed by atoms with Crippen LogP contribution in [0.5, 0.6) is 0 Å². The van der Waals surface area contributed by atoms with Gasteiger partial charge in [-0.15, -0.1) is 0 Å². The molecule has 2 fully saturated rings. The van der Waals surface area contributed by atoms with Gasteiger partial charge in [-0.05, 0) is 25.8 Å². The van der Waals surface area contributed by atoms with Crippen LogP contribution in [0, 0.1) is 6.92 Å². The third kappa shape index (κ3) is 3.43. The summed E-state index contributed by atoms with van der Waals surface area (Å²) in [6, 6.07) is 3.86. The minimum absolute atomic E-state index is 0.0608. The minimum atomic E-state index is -0.0608. The average Bonchev–Trinajstić information content (AvgIpc) is 3.39. The summed E-state index contributed by atoms with van der Waals surface area (Å²) in [7, 11) is 2.02. The Labute approximate surface area is 174 Å².